The largest absolute Gasteiger partial charge is 0.433 e. The van der Waals surface area contributed by atoms with Crippen LogP contribution in [0.3, 0.4) is 0 Å². The molecule has 0 aromatic carbocycles. The van der Waals surface area contributed by atoms with Crippen molar-refractivity contribution in [1.29, 1.82) is 0 Å². The molecule has 1 aromatic rings. The summed E-state index contributed by atoms with van der Waals surface area (Å²) < 4.78 is 1.15. The van der Waals surface area contributed by atoms with Crippen LogP contribution in [0, 0.1) is 0 Å². The van der Waals surface area contributed by atoms with E-state index in [-0.39, 0.29) is 10.3 Å². The zero-order valence-corrected chi connectivity index (χ0v) is 12.2. The molecule has 0 bridgehead atoms. The van der Waals surface area contributed by atoms with Gasteiger partial charge in [-0.05, 0) is 13.8 Å². The minimum Gasteiger partial charge on any atom is -0.323 e. The van der Waals surface area contributed by atoms with Crippen LogP contribution in [0.1, 0.15) is 13.8 Å². The van der Waals surface area contributed by atoms with Crippen LogP contribution in [-0.4, -0.2) is 33.3 Å². The number of halogens is 2. The Bertz CT molecular complexity index is 541. The van der Waals surface area contributed by atoms with Crippen molar-refractivity contribution in [1.82, 2.24) is 14.9 Å². The number of imidazole rings is 1. The maximum atomic E-state index is 11.1. The lowest BCUT2D eigenvalue weighted by Crippen LogP contribution is -2.29. The van der Waals surface area contributed by atoms with Crippen LogP contribution in [0.15, 0.2) is 10.3 Å². The van der Waals surface area contributed by atoms with Gasteiger partial charge < -0.3 is 5.32 Å². The molecule has 1 N–H and O–H groups in total. The number of rotatable bonds is 1. The molecule has 6 nitrogen and oxygen atoms in total. The molecule has 1 amide bonds. The molecule has 1 aliphatic heterocycles. The zero-order valence-electron chi connectivity index (χ0n) is 9.82. The quantitative estimate of drug-likeness (QED) is 0.639. The summed E-state index contributed by atoms with van der Waals surface area (Å²) in [6.07, 6.45) is -0.654. The SMILES string of the molecule is CNC(=O)ON=C1n2c(nc(Cl)c2Cl)SC1(C)C. The Kier molecular flexibility index (Phi) is 3.48. The first-order chi connectivity index (χ1) is 8.36. The smallest absolute Gasteiger partial charge is 0.323 e. The van der Waals surface area contributed by atoms with E-state index in [9.17, 15) is 4.79 Å². The van der Waals surface area contributed by atoms with Gasteiger partial charge in [-0.1, -0.05) is 40.1 Å². The number of hydrogen-bond donors (Lipinski definition) is 1. The lowest BCUT2D eigenvalue weighted by molar-refractivity contribution is 0.152. The van der Waals surface area contributed by atoms with E-state index < -0.39 is 10.8 Å². The molecular weight excluding hydrogens is 299 g/mol. The number of thioether (sulfide) groups is 1. The summed E-state index contributed by atoms with van der Waals surface area (Å²) in [6, 6.07) is 0. The lowest BCUT2D eigenvalue weighted by atomic mass is 10.2. The molecule has 98 valence electrons. The molecule has 1 aliphatic rings. The highest BCUT2D eigenvalue weighted by atomic mass is 35.5. The first kappa shape index (κ1) is 13.5. The Hall–Kier alpha value is -0.920. The number of carbonyl (C=O) groups is 1. The Morgan fingerprint density at radius 2 is 2.22 bits per heavy atom. The van der Waals surface area contributed by atoms with Crippen LogP contribution in [0.25, 0.3) is 0 Å². The minimum atomic E-state index is -0.654. The van der Waals surface area contributed by atoms with Gasteiger partial charge in [0, 0.05) is 7.05 Å². The normalized spacial score (nSPS) is 18.8. The average Bonchev–Trinajstić information content (AvgIpc) is 2.69. The molecule has 0 fully saturated rings. The van der Waals surface area contributed by atoms with Gasteiger partial charge in [0.25, 0.3) is 0 Å². The molecule has 0 unspecified atom stereocenters. The third kappa shape index (κ3) is 2.17. The molecule has 2 heterocycles. The predicted molar refractivity (Wildman–Crippen MR) is 70.6 cm³/mol. The van der Waals surface area contributed by atoms with Crippen molar-refractivity contribution in [2.45, 2.75) is 23.8 Å². The molecule has 0 aliphatic carbocycles. The molecule has 18 heavy (non-hydrogen) atoms. The van der Waals surface area contributed by atoms with E-state index in [0.29, 0.717) is 11.0 Å². The fourth-order valence-corrected chi connectivity index (χ4v) is 2.98. The molecule has 0 atom stereocenters. The maximum absolute atomic E-state index is 11.1. The summed E-state index contributed by atoms with van der Waals surface area (Å²) in [5, 5.41) is 7.20. The van der Waals surface area contributed by atoms with E-state index in [1.165, 1.54) is 18.8 Å². The van der Waals surface area contributed by atoms with Crippen LogP contribution >= 0.6 is 35.0 Å². The molecule has 9 heteroatoms. The van der Waals surface area contributed by atoms with Crippen LogP contribution in [0.4, 0.5) is 4.79 Å². The Balaban J connectivity index is 2.42. The fourth-order valence-electron chi connectivity index (χ4n) is 1.43. The van der Waals surface area contributed by atoms with Crippen molar-refractivity contribution in [3.05, 3.63) is 10.3 Å². The zero-order chi connectivity index (χ0) is 13.5. The Morgan fingerprint density at radius 3 is 2.83 bits per heavy atom. The molecule has 1 aromatic heterocycles. The van der Waals surface area contributed by atoms with Crippen molar-refractivity contribution in [3.63, 3.8) is 0 Å². The van der Waals surface area contributed by atoms with Crippen molar-refractivity contribution in [2.75, 3.05) is 7.05 Å². The van der Waals surface area contributed by atoms with Crippen LogP contribution in [-0.2, 0) is 4.84 Å². The van der Waals surface area contributed by atoms with Gasteiger partial charge in [0.15, 0.2) is 21.3 Å². The number of nitrogens with zero attached hydrogens (tertiary/aromatic N) is 3. The molecule has 0 saturated carbocycles. The summed E-state index contributed by atoms with van der Waals surface area (Å²) in [5.41, 5.74) is 0. The molecule has 0 saturated heterocycles. The number of amides is 1. The summed E-state index contributed by atoms with van der Waals surface area (Å²) in [5.74, 6) is 0.468. The predicted octanol–water partition coefficient (Wildman–Crippen LogP) is 2.59. The van der Waals surface area contributed by atoms with Crippen LogP contribution < -0.4 is 5.32 Å². The molecular formula is C9H10Cl2N4O2S. The second kappa shape index (κ2) is 4.64. The number of hydrogen-bond acceptors (Lipinski definition) is 5. The molecule has 0 spiro atoms. The average molecular weight is 309 g/mol. The van der Waals surface area contributed by atoms with E-state index in [4.69, 9.17) is 28.0 Å². The van der Waals surface area contributed by atoms with Gasteiger partial charge in [0.1, 0.15) is 0 Å². The summed E-state index contributed by atoms with van der Waals surface area (Å²) in [6.45, 7) is 3.84. The second-order valence-electron chi connectivity index (χ2n) is 3.97. The molecule has 2 rings (SSSR count). The minimum absolute atomic E-state index is 0.197. The van der Waals surface area contributed by atoms with Gasteiger partial charge in [-0.2, -0.15) is 0 Å². The van der Waals surface area contributed by atoms with Gasteiger partial charge in [-0.3, -0.25) is 9.40 Å². The highest BCUT2D eigenvalue weighted by molar-refractivity contribution is 8.01. The van der Waals surface area contributed by atoms with Crippen molar-refractivity contribution in [3.8, 4) is 0 Å². The fraction of sp³-hybridized carbons (Fsp3) is 0.444. The van der Waals surface area contributed by atoms with Gasteiger partial charge >= 0.3 is 6.09 Å². The first-order valence-corrected chi connectivity index (χ1v) is 6.54. The number of fused-ring (bicyclic) bond motifs is 1. The van der Waals surface area contributed by atoms with E-state index >= 15 is 0 Å². The Labute approximate surface area is 118 Å². The first-order valence-electron chi connectivity index (χ1n) is 4.97. The monoisotopic (exact) mass is 308 g/mol. The highest BCUT2D eigenvalue weighted by Gasteiger charge is 2.41. The number of nitrogens with one attached hydrogen (secondary N) is 1. The Morgan fingerprint density at radius 1 is 1.56 bits per heavy atom. The lowest BCUT2D eigenvalue weighted by Gasteiger charge is -2.16. The van der Waals surface area contributed by atoms with Gasteiger partial charge in [0.2, 0.25) is 0 Å². The highest BCUT2D eigenvalue weighted by Crippen LogP contribution is 2.44. The van der Waals surface area contributed by atoms with Crippen molar-refractivity contribution < 1.29 is 9.63 Å². The van der Waals surface area contributed by atoms with E-state index in [1.54, 1.807) is 4.57 Å². The number of oxime groups is 1. The third-order valence-electron chi connectivity index (χ3n) is 2.27. The van der Waals surface area contributed by atoms with Crippen LogP contribution in [0.2, 0.25) is 10.3 Å². The standard InChI is InChI=1S/C9H10Cl2N4O2S/c1-9(2)6(14-17-8(16)12-3)15-5(11)4(10)13-7(15)18-9/h1-3H3,(H,12,16). The number of carbonyl (C=O) groups excluding carboxylic acids is 1. The van der Waals surface area contributed by atoms with Crippen molar-refractivity contribution in [2.24, 2.45) is 5.16 Å². The van der Waals surface area contributed by atoms with Crippen LogP contribution in [0.5, 0.6) is 0 Å². The van der Waals surface area contributed by atoms with E-state index in [1.807, 2.05) is 13.8 Å². The van der Waals surface area contributed by atoms with Gasteiger partial charge in [-0.25, -0.2) is 9.78 Å². The number of aromatic nitrogens is 2. The summed E-state index contributed by atoms with van der Waals surface area (Å²) in [4.78, 5) is 19.9. The van der Waals surface area contributed by atoms with Crippen molar-refractivity contribution >= 4 is 46.9 Å². The second-order valence-corrected chi connectivity index (χ2v) is 6.27. The summed E-state index contributed by atoms with van der Waals surface area (Å²) >= 11 is 13.3. The van der Waals surface area contributed by atoms with E-state index in [2.05, 4.69) is 15.5 Å². The van der Waals surface area contributed by atoms with E-state index in [0.717, 1.165) is 0 Å². The van der Waals surface area contributed by atoms with Gasteiger partial charge in [0.05, 0.1) is 4.75 Å². The molecule has 0 radical (unpaired) electrons. The maximum Gasteiger partial charge on any atom is 0.433 e. The van der Waals surface area contributed by atoms with Gasteiger partial charge in [-0.15, -0.1) is 0 Å². The topological polar surface area (TPSA) is 68.5 Å². The third-order valence-corrected chi connectivity index (χ3v) is 4.13. The summed E-state index contributed by atoms with van der Waals surface area (Å²) in [7, 11) is 1.45.